The fourth-order valence-electron chi connectivity index (χ4n) is 3.53. The summed E-state index contributed by atoms with van der Waals surface area (Å²) in [5.41, 5.74) is 3.88. The van der Waals surface area contributed by atoms with E-state index in [0.717, 1.165) is 32.5 Å². The van der Waals surface area contributed by atoms with Crippen LogP contribution in [-0.2, 0) is 11.3 Å². The molecular weight excluding hydrogens is 272 g/mol. The number of hydrogen-bond donors (Lipinski definition) is 0. The molecule has 0 saturated carbocycles. The number of carbonyl (C=O) groups excluding carboxylic acids is 1. The lowest BCUT2D eigenvalue weighted by Gasteiger charge is -2.31. The number of likely N-dealkylation sites (tertiary alicyclic amines) is 1. The van der Waals surface area contributed by atoms with Crippen LogP contribution in [0.3, 0.4) is 0 Å². The first kappa shape index (κ1) is 14.9. The molecule has 0 aliphatic carbocycles. The Hall–Kier alpha value is -2.03. The Kier molecular flexibility index (Phi) is 4.06. The van der Waals surface area contributed by atoms with Gasteiger partial charge in [0.1, 0.15) is 0 Å². The van der Waals surface area contributed by atoms with E-state index in [2.05, 4.69) is 48.5 Å². The van der Waals surface area contributed by atoms with Gasteiger partial charge in [-0.05, 0) is 37.3 Å². The van der Waals surface area contributed by atoms with Crippen molar-refractivity contribution in [3.05, 3.63) is 48.2 Å². The standard InChI is InChI=1S/C19H24N2O/c1-14(2)12-21-13-18(17-6-4-5-7-19(17)21)16-8-10-20(11-9-16)15(3)22/h4-7,13,16H,1,8-12H2,2-3H3. The lowest BCUT2D eigenvalue weighted by Crippen LogP contribution is -2.36. The maximum absolute atomic E-state index is 11.5. The second-order valence-electron chi connectivity index (χ2n) is 6.47. The summed E-state index contributed by atoms with van der Waals surface area (Å²) < 4.78 is 2.31. The Labute approximate surface area is 132 Å². The summed E-state index contributed by atoms with van der Waals surface area (Å²) in [4.78, 5) is 13.5. The molecule has 116 valence electrons. The first-order chi connectivity index (χ1) is 10.6. The molecule has 1 aromatic heterocycles. The molecule has 1 aromatic carbocycles. The van der Waals surface area contributed by atoms with Crippen molar-refractivity contribution in [2.45, 2.75) is 39.2 Å². The smallest absolute Gasteiger partial charge is 0.219 e. The number of aromatic nitrogens is 1. The summed E-state index contributed by atoms with van der Waals surface area (Å²) in [6.45, 7) is 10.4. The van der Waals surface area contributed by atoms with Crippen molar-refractivity contribution >= 4 is 16.8 Å². The van der Waals surface area contributed by atoms with Gasteiger partial charge >= 0.3 is 0 Å². The number of fused-ring (bicyclic) bond motifs is 1. The number of allylic oxidation sites excluding steroid dienone is 1. The predicted molar refractivity (Wildman–Crippen MR) is 91.0 cm³/mol. The van der Waals surface area contributed by atoms with Crippen molar-refractivity contribution in [2.24, 2.45) is 0 Å². The zero-order valence-electron chi connectivity index (χ0n) is 13.5. The summed E-state index contributed by atoms with van der Waals surface area (Å²) in [5, 5.41) is 1.35. The van der Waals surface area contributed by atoms with Crippen molar-refractivity contribution < 1.29 is 4.79 Å². The minimum absolute atomic E-state index is 0.197. The average Bonchev–Trinajstić information content (AvgIpc) is 2.86. The fourth-order valence-corrected chi connectivity index (χ4v) is 3.53. The van der Waals surface area contributed by atoms with E-state index in [4.69, 9.17) is 0 Å². The lowest BCUT2D eigenvalue weighted by molar-refractivity contribution is -0.129. The van der Waals surface area contributed by atoms with Crippen LogP contribution in [0.2, 0.25) is 0 Å². The number of piperidine rings is 1. The fraction of sp³-hybridized carbons (Fsp3) is 0.421. The van der Waals surface area contributed by atoms with Gasteiger partial charge in [0.25, 0.3) is 0 Å². The Morgan fingerprint density at radius 2 is 1.91 bits per heavy atom. The highest BCUT2D eigenvalue weighted by Crippen LogP contribution is 2.34. The van der Waals surface area contributed by atoms with Crippen LogP contribution >= 0.6 is 0 Å². The first-order valence-corrected chi connectivity index (χ1v) is 8.04. The van der Waals surface area contributed by atoms with Crippen molar-refractivity contribution in [1.82, 2.24) is 9.47 Å². The zero-order valence-corrected chi connectivity index (χ0v) is 13.5. The highest BCUT2D eigenvalue weighted by Gasteiger charge is 2.24. The van der Waals surface area contributed by atoms with Crippen LogP contribution in [0.5, 0.6) is 0 Å². The Bertz CT molecular complexity index is 705. The van der Waals surface area contributed by atoms with Crippen LogP contribution in [0.1, 0.15) is 38.2 Å². The van der Waals surface area contributed by atoms with E-state index in [1.165, 1.54) is 22.0 Å². The largest absolute Gasteiger partial charge is 0.343 e. The van der Waals surface area contributed by atoms with Crippen LogP contribution < -0.4 is 0 Å². The van der Waals surface area contributed by atoms with Crippen LogP contribution in [0, 0.1) is 0 Å². The normalized spacial score (nSPS) is 16.2. The Morgan fingerprint density at radius 1 is 1.23 bits per heavy atom. The second-order valence-corrected chi connectivity index (χ2v) is 6.47. The molecule has 1 fully saturated rings. The molecule has 3 rings (SSSR count). The predicted octanol–water partition coefficient (Wildman–Crippen LogP) is 3.94. The number of benzene rings is 1. The van der Waals surface area contributed by atoms with Crippen molar-refractivity contribution in [1.29, 1.82) is 0 Å². The zero-order chi connectivity index (χ0) is 15.7. The molecule has 0 spiro atoms. The number of hydrogen-bond acceptors (Lipinski definition) is 1. The minimum atomic E-state index is 0.197. The monoisotopic (exact) mass is 296 g/mol. The summed E-state index contributed by atoms with van der Waals surface area (Å²) >= 11 is 0. The molecule has 3 nitrogen and oxygen atoms in total. The van der Waals surface area contributed by atoms with Crippen LogP contribution in [0.25, 0.3) is 10.9 Å². The van der Waals surface area contributed by atoms with Gasteiger partial charge in [0.2, 0.25) is 5.91 Å². The van der Waals surface area contributed by atoms with Gasteiger partial charge in [-0.2, -0.15) is 0 Å². The van der Waals surface area contributed by atoms with E-state index >= 15 is 0 Å². The van der Waals surface area contributed by atoms with Gasteiger partial charge in [0.15, 0.2) is 0 Å². The highest BCUT2D eigenvalue weighted by molar-refractivity contribution is 5.84. The molecule has 3 heteroatoms. The van der Waals surface area contributed by atoms with E-state index < -0.39 is 0 Å². The molecule has 0 radical (unpaired) electrons. The van der Waals surface area contributed by atoms with Crippen molar-refractivity contribution in [3.63, 3.8) is 0 Å². The van der Waals surface area contributed by atoms with E-state index in [1.54, 1.807) is 6.92 Å². The number of nitrogens with zero attached hydrogens (tertiary/aromatic N) is 2. The molecule has 0 bridgehead atoms. The van der Waals surface area contributed by atoms with Gasteiger partial charge < -0.3 is 9.47 Å². The van der Waals surface area contributed by atoms with E-state index in [1.807, 2.05) is 4.90 Å². The van der Waals surface area contributed by atoms with Gasteiger partial charge in [-0.1, -0.05) is 30.4 Å². The summed E-state index contributed by atoms with van der Waals surface area (Å²) in [7, 11) is 0. The SMILES string of the molecule is C=C(C)Cn1cc(C2CCN(C(C)=O)CC2)c2ccccc21. The summed E-state index contributed by atoms with van der Waals surface area (Å²) in [5.74, 6) is 0.745. The molecule has 2 heterocycles. The maximum atomic E-state index is 11.5. The third-order valence-corrected chi connectivity index (χ3v) is 4.64. The summed E-state index contributed by atoms with van der Waals surface area (Å²) in [6.07, 6.45) is 4.41. The average molecular weight is 296 g/mol. The Balaban J connectivity index is 1.91. The van der Waals surface area contributed by atoms with E-state index in [9.17, 15) is 4.79 Å². The van der Waals surface area contributed by atoms with Gasteiger partial charge in [-0.25, -0.2) is 0 Å². The van der Waals surface area contributed by atoms with Crippen LogP contribution in [-0.4, -0.2) is 28.5 Å². The molecule has 0 unspecified atom stereocenters. The molecule has 1 amide bonds. The van der Waals surface area contributed by atoms with Gasteiger partial charge in [0, 0.05) is 43.7 Å². The molecule has 0 atom stereocenters. The third kappa shape index (κ3) is 2.80. The lowest BCUT2D eigenvalue weighted by atomic mass is 9.89. The van der Waals surface area contributed by atoms with Gasteiger partial charge in [-0.3, -0.25) is 4.79 Å². The molecule has 1 aliphatic heterocycles. The number of para-hydroxylation sites is 1. The third-order valence-electron chi connectivity index (χ3n) is 4.64. The van der Waals surface area contributed by atoms with Gasteiger partial charge in [0.05, 0.1) is 0 Å². The molecule has 1 aliphatic rings. The van der Waals surface area contributed by atoms with Crippen LogP contribution in [0.4, 0.5) is 0 Å². The van der Waals surface area contributed by atoms with E-state index in [-0.39, 0.29) is 5.91 Å². The summed E-state index contributed by atoms with van der Waals surface area (Å²) in [6, 6.07) is 8.62. The number of rotatable bonds is 3. The maximum Gasteiger partial charge on any atom is 0.219 e. The topological polar surface area (TPSA) is 25.2 Å². The quantitative estimate of drug-likeness (QED) is 0.787. The molecule has 1 saturated heterocycles. The molecular formula is C19H24N2O. The van der Waals surface area contributed by atoms with Gasteiger partial charge in [-0.15, -0.1) is 0 Å². The number of amides is 1. The second kappa shape index (κ2) is 5.99. The first-order valence-electron chi connectivity index (χ1n) is 8.04. The van der Waals surface area contributed by atoms with E-state index in [0.29, 0.717) is 5.92 Å². The van der Waals surface area contributed by atoms with Crippen molar-refractivity contribution in [3.8, 4) is 0 Å². The minimum Gasteiger partial charge on any atom is -0.343 e. The molecule has 2 aromatic rings. The Morgan fingerprint density at radius 3 is 2.55 bits per heavy atom. The molecule has 0 N–H and O–H groups in total. The number of carbonyl (C=O) groups is 1. The van der Waals surface area contributed by atoms with Crippen LogP contribution in [0.15, 0.2) is 42.6 Å². The van der Waals surface area contributed by atoms with Crippen molar-refractivity contribution in [2.75, 3.05) is 13.1 Å². The molecule has 22 heavy (non-hydrogen) atoms. The highest BCUT2D eigenvalue weighted by atomic mass is 16.2.